The maximum atomic E-state index is 13.3. The minimum absolute atomic E-state index is 0.0413. The zero-order valence-corrected chi connectivity index (χ0v) is 16.5. The van der Waals surface area contributed by atoms with Crippen molar-refractivity contribution < 1.29 is 17.9 Å². The summed E-state index contributed by atoms with van der Waals surface area (Å²) < 4.78 is 33.6. The molecule has 0 unspecified atom stereocenters. The van der Waals surface area contributed by atoms with Crippen molar-refractivity contribution >= 4 is 27.1 Å². The minimum atomic E-state index is -3.86. The van der Waals surface area contributed by atoms with Crippen LogP contribution in [0.3, 0.4) is 0 Å². The van der Waals surface area contributed by atoms with Gasteiger partial charge < -0.3 is 9.14 Å². The van der Waals surface area contributed by atoms with Gasteiger partial charge in [0.2, 0.25) is 9.84 Å². The highest BCUT2D eigenvalue weighted by atomic mass is 32.2. The van der Waals surface area contributed by atoms with Crippen LogP contribution >= 0.6 is 0 Å². The molecule has 3 aromatic rings. The van der Waals surface area contributed by atoms with Gasteiger partial charge in [-0.3, -0.25) is 5.32 Å². The summed E-state index contributed by atoms with van der Waals surface area (Å²) >= 11 is 0. The molecule has 3 rings (SSSR count). The van der Waals surface area contributed by atoms with Gasteiger partial charge >= 0.3 is 6.09 Å². The Bertz CT molecular complexity index is 1110. The summed E-state index contributed by atoms with van der Waals surface area (Å²) in [5, 5.41) is 2.59. The Hall–Kier alpha value is -2.80. The summed E-state index contributed by atoms with van der Waals surface area (Å²) in [5.41, 5.74) is 0.794. The average molecular weight is 386 g/mol. The van der Waals surface area contributed by atoms with Gasteiger partial charge in [-0.25, -0.2) is 13.2 Å². The first-order valence-corrected chi connectivity index (χ1v) is 9.98. The lowest BCUT2D eigenvalue weighted by molar-refractivity contribution is 0.0635. The van der Waals surface area contributed by atoms with Crippen LogP contribution in [0.15, 0.2) is 64.6 Å². The van der Waals surface area contributed by atoms with E-state index in [1.54, 1.807) is 74.0 Å². The van der Waals surface area contributed by atoms with E-state index in [-0.39, 0.29) is 15.5 Å². The van der Waals surface area contributed by atoms with E-state index in [0.717, 1.165) is 5.56 Å². The third-order valence-electron chi connectivity index (χ3n) is 3.84. The Balaban J connectivity index is 2.15. The lowest BCUT2D eigenvalue weighted by Crippen LogP contribution is -2.27. The molecule has 1 N–H and O–H groups in total. The quantitative estimate of drug-likeness (QED) is 0.722. The Morgan fingerprint density at radius 3 is 2.52 bits per heavy atom. The number of anilines is 1. The van der Waals surface area contributed by atoms with Crippen LogP contribution in [-0.4, -0.2) is 24.5 Å². The number of ether oxygens (including phenoxy) is 1. The number of aryl methyl sites for hydroxylation is 1. The molecule has 0 radical (unpaired) electrons. The fourth-order valence-corrected chi connectivity index (χ4v) is 4.46. The van der Waals surface area contributed by atoms with Crippen molar-refractivity contribution in [2.24, 2.45) is 0 Å². The van der Waals surface area contributed by atoms with Gasteiger partial charge in [-0.05, 0) is 57.5 Å². The third-order valence-corrected chi connectivity index (χ3v) is 5.68. The zero-order chi connectivity index (χ0) is 19.8. The molecule has 0 atom stereocenters. The molecule has 2 aromatic heterocycles. The van der Waals surface area contributed by atoms with Crippen LogP contribution < -0.4 is 5.32 Å². The van der Waals surface area contributed by atoms with Crippen molar-refractivity contribution in [2.45, 2.75) is 43.1 Å². The summed E-state index contributed by atoms with van der Waals surface area (Å²) in [6.07, 6.45) is 2.59. The molecule has 0 aliphatic heterocycles. The monoisotopic (exact) mass is 386 g/mol. The summed E-state index contributed by atoms with van der Waals surface area (Å²) in [6, 6.07) is 11.9. The lowest BCUT2D eigenvalue weighted by atomic mass is 10.2. The van der Waals surface area contributed by atoms with Gasteiger partial charge in [0.1, 0.15) is 10.5 Å². The van der Waals surface area contributed by atoms with Crippen molar-refractivity contribution in [1.82, 2.24) is 4.40 Å². The number of carbonyl (C=O) groups excluding carboxylic acids is 1. The topological polar surface area (TPSA) is 76.9 Å². The van der Waals surface area contributed by atoms with E-state index < -0.39 is 21.5 Å². The predicted molar refractivity (Wildman–Crippen MR) is 104 cm³/mol. The molecule has 0 aliphatic rings. The number of amides is 1. The molecule has 0 saturated carbocycles. The molecule has 2 heterocycles. The fraction of sp³-hybridized carbons (Fsp3) is 0.250. The van der Waals surface area contributed by atoms with Crippen LogP contribution in [0, 0.1) is 6.92 Å². The average Bonchev–Trinajstić information content (AvgIpc) is 2.91. The first kappa shape index (κ1) is 19.0. The Morgan fingerprint density at radius 2 is 1.85 bits per heavy atom. The molecule has 0 saturated heterocycles. The molecule has 0 aliphatic carbocycles. The first-order valence-electron chi connectivity index (χ1n) is 8.49. The largest absolute Gasteiger partial charge is 0.444 e. The van der Waals surface area contributed by atoms with Crippen LogP contribution in [0.1, 0.15) is 26.3 Å². The number of rotatable bonds is 3. The third kappa shape index (κ3) is 3.98. The van der Waals surface area contributed by atoms with Crippen LogP contribution in [0.2, 0.25) is 0 Å². The van der Waals surface area contributed by atoms with E-state index in [9.17, 15) is 13.2 Å². The van der Waals surface area contributed by atoms with Gasteiger partial charge in [-0.2, -0.15) is 0 Å². The van der Waals surface area contributed by atoms with Crippen molar-refractivity contribution in [2.75, 3.05) is 5.32 Å². The second-order valence-corrected chi connectivity index (χ2v) is 9.20. The van der Waals surface area contributed by atoms with E-state index in [1.807, 2.05) is 13.0 Å². The van der Waals surface area contributed by atoms with Crippen molar-refractivity contribution in [3.8, 4) is 0 Å². The van der Waals surface area contributed by atoms with E-state index in [4.69, 9.17) is 4.74 Å². The Kier molecular flexibility index (Phi) is 4.73. The number of sulfone groups is 1. The molecule has 7 heteroatoms. The molecule has 0 fully saturated rings. The van der Waals surface area contributed by atoms with Gasteiger partial charge in [0.15, 0.2) is 0 Å². The second-order valence-electron chi connectivity index (χ2n) is 7.31. The predicted octanol–water partition coefficient (Wildman–Crippen LogP) is 4.43. The number of pyridine rings is 1. The van der Waals surface area contributed by atoms with E-state index >= 15 is 0 Å². The minimum Gasteiger partial charge on any atom is -0.444 e. The number of nitrogens with zero attached hydrogens (tertiary/aromatic N) is 1. The number of benzene rings is 1. The van der Waals surface area contributed by atoms with Crippen molar-refractivity contribution in [1.29, 1.82) is 0 Å². The van der Waals surface area contributed by atoms with Crippen LogP contribution in [0.4, 0.5) is 10.5 Å². The molecule has 142 valence electrons. The van der Waals surface area contributed by atoms with Crippen molar-refractivity contribution in [3.05, 3.63) is 60.4 Å². The normalized spacial score (nSPS) is 12.1. The van der Waals surface area contributed by atoms with Crippen LogP contribution in [0.5, 0.6) is 0 Å². The van der Waals surface area contributed by atoms with Crippen LogP contribution in [0.25, 0.3) is 5.52 Å². The molecular formula is C20H22N2O4S. The van der Waals surface area contributed by atoms with E-state index in [2.05, 4.69) is 5.32 Å². The van der Waals surface area contributed by atoms with Gasteiger partial charge in [-0.15, -0.1) is 0 Å². The molecule has 1 aromatic carbocycles. The number of aromatic nitrogens is 1. The Morgan fingerprint density at radius 1 is 1.11 bits per heavy atom. The molecule has 1 amide bonds. The molecule has 0 bridgehead atoms. The summed E-state index contributed by atoms with van der Waals surface area (Å²) in [4.78, 5) is 12.5. The second kappa shape index (κ2) is 6.74. The number of hydrogen-bond donors (Lipinski definition) is 1. The molecule has 6 nitrogen and oxygen atoms in total. The number of hydrogen-bond acceptors (Lipinski definition) is 4. The zero-order valence-electron chi connectivity index (χ0n) is 15.7. The Labute approximate surface area is 158 Å². The lowest BCUT2D eigenvalue weighted by Gasteiger charge is -2.19. The highest BCUT2D eigenvalue weighted by Gasteiger charge is 2.28. The number of fused-ring (bicyclic) bond motifs is 1. The maximum Gasteiger partial charge on any atom is 0.412 e. The van der Waals surface area contributed by atoms with E-state index in [1.165, 1.54) is 0 Å². The van der Waals surface area contributed by atoms with Crippen molar-refractivity contribution in [3.63, 3.8) is 0 Å². The molecule has 27 heavy (non-hydrogen) atoms. The van der Waals surface area contributed by atoms with E-state index in [0.29, 0.717) is 5.52 Å². The maximum absolute atomic E-state index is 13.3. The van der Waals surface area contributed by atoms with Gasteiger partial charge in [0, 0.05) is 12.4 Å². The summed E-state index contributed by atoms with van der Waals surface area (Å²) in [6.45, 7) is 7.06. The summed E-state index contributed by atoms with van der Waals surface area (Å²) in [5.74, 6) is 0. The SMILES string of the molecule is Cc1cccc(S(=O)(=O)c2c(NC(=O)OC(C)(C)C)cn3ccccc23)c1. The smallest absolute Gasteiger partial charge is 0.412 e. The highest BCUT2D eigenvalue weighted by Crippen LogP contribution is 2.33. The molecule has 0 spiro atoms. The number of nitrogens with one attached hydrogen (secondary N) is 1. The van der Waals surface area contributed by atoms with Crippen LogP contribution in [-0.2, 0) is 14.6 Å². The summed E-state index contributed by atoms with van der Waals surface area (Å²) in [7, 11) is -3.86. The standard InChI is InChI=1S/C20H22N2O4S/c1-14-8-7-9-15(12-14)27(24,25)18-16(21-19(23)26-20(2,3)4)13-22-11-6-5-10-17(18)22/h5-13H,1-4H3,(H,21,23). The van der Waals surface area contributed by atoms with Gasteiger partial charge in [0.25, 0.3) is 0 Å². The van der Waals surface area contributed by atoms with Gasteiger partial charge in [0.05, 0.1) is 16.1 Å². The molecular weight excluding hydrogens is 364 g/mol. The highest BCUT2D eigenvalue weighted by molar-refractivity contribution is 7.91. The fourth-order valence-electron chi connectivity index (χ4n) is 2.78. The first-order chi connectivity index (χ1) is 12.6. The van der Waals surface area contributed by atoms with Gasteiger partial charge in [-0.1, -0.05) is 18.2 Å². The number of carbonyl (C=O) groups is 1.